The van der Waals surface area contributed by atoms with Gasteiger partial charge in [-0.25, -0.2) is 0 Å². The molecular formula is C17H25ClO2. The molecule has 3 unspecified atom stereocenters. The molecule has 1 aromatic carbocycles. The molecule has 3 heteroatoms. The number of ether oxygens (including phenoxy) is 2. The fraction of sp³-hybridized carbons (Fsp3) is 0.647. The summed E-state index contributed by atoms with van der Waals surface area (Å²) >= 11 is 6.20. The number of halogens is 1. The second-order valence-electron chi connectivity index (χ2n) is 6.58. The topological polar surface area (TPSA) is 18.5 Å². The fourth-order valence-corrected chi connectivity index (χ4v) is 2.95. The highest BCUT2D eigenvalue weighted by Crippen LogP contribution is 2.37. The molecule has 2 rings (SSSR count). The molecule has 1 saturated carbocycles. The van der Waals surface area contributed by atoms with Crippen LogP contribution in [0.5, 0.6) is 5.75 Å². The first-order chi connectivity index (χ1) is 9.32. The van der Waals surface area contributed by atoms with Crippen molar-refractivity contribution in [3.8, 4) is 5.75 Å². The Balaban J connectivity index is 2.18. The fourth-order valence-electron chi connectivity index (χ4n) is 2.54. The predicted molar refractivity (Wildman–Crippen MR) is 84.0 cm³/mol. The van der Waals surface area contributed by atoms with E-state index >= 15 is 0 Å². The maximum Gasteiger partial charge on any atom is 0.128 e. The highest BCUT2D eigenvalue weighted by atomic mass is 35.5. The zero-order valence-corrected chi connectivity index (χ0v) is 13.8. The summed E-state index contributed by atoms with van der Waals surface area (Å²) in [5.41, 5.74) is 2.56. The van der Waals surface area contributed by atoms with E-state index in [4.69, 9.17) is 21.1 Å². The Kier molecular flexibility index (Phi) is 4.66. The van der Waals surface area contributed by atoms with Crippen molar-refractivity contribution in [3.05, 3.63) is 29.3 Å². The summed E-state index contributed by atoms with van der Waals surface area (Å²) in [5.74, 6) is 0.960. The van der Waals surface area contributed by atoms with E-state index in [1.807, 2.05) is 6.92 Å². The largest absolute Gasteiger partial charge is 0.487 e. The smallest absolute Gasteiger partial charge is 0.128 e. The Bertz CT molecular complexity index is 465. The van der Waals surface area contributed by atoms with Gasteiger partial charge in [-0.3, -0.25) is 0 Å². The monoisotopic (exact) mass is 296 g/mol. The van der Waals surface area contributed by atoms with Gasteiger partial charge in [0.05, 0.1) is 5.38 Å². The van der Waals surface area contributed by atoms with Gasteiger partial charge < -0.3 is 9.47 Å². The molecule has 2 nitrogen and oxygen atoms in total. The maximum absolute atomic E-state index is 6.20. The third-order valence-corrected chi connectivity index (χ3v) is 4.19. The quantitative estimate of drug-likeness (QED) is 0.764. The van der Waals surface area contributed by atoms with Crippen LogP contribution in [0.2, 0.25) is 0 Å². The van der Waals surface area contributed by atoms with Crippen LogP contribution in [0.25, 0.3) is 0 Å². The van der Waals surface area contributed by atoms with E-state index in [9.17, 15) is 0 Å². The molecule has 0 aliphatic heterocycles. The third kappa shape index (κ3) is 3.29. The second-order valence-corrected chi connectivity index (χ2v) is 7.14. The van der Waals surface area contributed by atoms with Crippen molar-refractivity contribution >= 4 is 11.6 Å². The molecule has 0 aromatic heterocycles. The van der Waals surface area contributed by atoms with Crippen molar-refractivity contribution in [2.75, 3.05) is 6.61 Å². The van der Waals surface area contributed by atoms with E-state index in [1.165, 1.54) is 11.1 Å². The second kappa shape index (κ2) is 5.95. The first-order valence-electron chi connectivity index (χ1n) is 7.36. The number of alkyl halides is 1. The van der Waals surface area contributed by atoms with Gasteiger partial charge in [-0.2, -0.15) is 0 Å². The number of hydrogen-bond donors (Lipinski definition) is 0. The normalized spacial score (nSPS) is 26.2. The molecule has 0 amide bonds. The predicted octanol–water partition coefficient (Wildman–Crippen LogP) is 4.46. The van der Waals surface area contributed by atoms with Crippen molar-refractivity contribution < 1.29 is 9.47 Å². The average Bonchev–Trinajstić information content (AvgIpc) is 2.36. The Morgan fingerprint density at radius 2 is 2.00 bits per heavy atom. The van der Waals surface area contributed by atoms with Gasteiger partial charge in [-0.15, -0.1) is 11.6 Å². The van der Waals surface area contributed by atoms with E-state index in [0.717, 1.165) is 12.2 Å². The Hall–Kier alpha value is -0.730. The summed E-state index contributed by atoms with van der Waals surface area (Å²) < 4.78 is 11.9. The highest BCUT2D eigenvalue weighted by Gasteiger charge is 2.43. The Morgan fingerprint density at radius 1 is 1.30 bits per heavy atom. The lowest BCUT2D eigenvalue weighted by Crippen LogP contribution is -2.52. The lowest BCUT2D eigenvalue weighted by Gasteiger charge is -2.41. The number of rotatable bonds is 4. The number of hydrogen-bond acceptors (Lipinski definition) is 2. The molecule has 1 aromatic rings. The summed E-state index contributed by atoms with van der Waals surface area (Å²) in [6.07, 6.45) is 0.931. The molecule has 1 aliphatic rings. The zero-order valence-electron chi connectivity index (χ0n) is 13.1. The van der Waals surface area contributed by atoms with Crippen molar-refractivity contribution in [2.24, 2.45) is 0 Å². The third-order valence-electron chi connectivity index (χ3n) is 3.76. The van der Waals surface area contributed by atoms with Gasteiger partial charge in [0.1, 0.15) is 18.0 Å². The van der Waals surface area contributed by atoms with E-state index in [-0.39, 0.29) is 23.0 Å². The first-order valence-corrected chi connectivity index (χ1v) is 7.80. The summed E-state index contributed by atoms with van der Waals surface area (Å²) in [7, 11) is 0. The first kappa shape index (κ1) is 15.7. The molecular weight excluding hydrogens is 272 g/mol. The Labute approximate surface area is 127 Å². The average molecular weight is 297 g/mol. The zero-order chi connectivity index (χ0) is 14.9. The molecule has 1 aliphatic carbocycles. The van der Waals surface area contributed by atoms with Crippen LogP contribution in [0.15, 0.2) is 18.2 Å². The minimum atomic E-state index is 0.00999. The number of benzene rings is 1. The van der Waals surface area contributed by atoms with Gasteiger partial charge in [0.25, 0.3) is 0 Å². The Morgan fingerprint density at radius 3 is 2.55 bits per heavy atom. The molecule has 20 heavy (non-hydrogen) atoms. The van der Waals surface area contributed by atoms with Gasteiger partial charge in [0, 0.05) is 13.0 Å². The van der Waals surface area contributed by atoms with Crippen molar-refractivity contribution in [1.29, 1.82) is 0 Å². The van der Waals surface area contributed by atoms with Crippen LogP contribution in [-0.2, 0) is 10.2 Å². The van der Waals surface area contributed by atoms with Crippen LogP contribution in [0.4, 0.5) is 0 Å². The van der Waals surface area contributed by atoms with Crippen LogP contribution < -0.4 is 4.74 Å². The minimum absolute atomic E-state index is 0.00999. The molecule has 1 fully saturated rings. The lowest BCUT2D eigenvalue weighted by atomic mass is 9.85. The van der Waals surface area contributed by atoms with Gasteiger partial charge in [0.15, 0.2) is 0 Å². The molecule has 0 saturated heterocycles. The number of aryl methyl sites for hydroxylation is 1. The van der Waals surface area contributed by atoms with Crippen LogP contribution in [0.1, 0.15) is 45.2 Å². The van der Waals surface area contributed by atoms with Gasteiger partial charge >= 0.3 is 0 Å². The van der Waals surface area contributed by atoms with Gasteiger partial charge in [-0.1, -0.05) is 38.5 Å². The van der Waals surface area contributed by atoms with Crippen LogP contribution >= 0.6 is 11.6 Å². The molecule has 0 spiro atoms. The lowest BCUT2D eigenvalue weighted by molar-refractivity contribution is -0.0764. The van der Waals surface area contributed by atoms with Crippen LogP contribution in [0.3, 0.4) is 0 Å². The van der Waals surface area contributed by atoms with E-state index in [2.05, 4.69) is 45.9 Å². The van der Waals surface area contributed by atoms with E-state index < -0.39 is 0 Å². The summed E-state index contributed by atoms with van der Waals surface area (Å²) in [5, 5.41) is 0.0727. The molecule has 3 atom stereocenters. The molecule has 112 valence electrons. The van der Waals surface area contributed by atoms with Crippen molar-refractivity contribution in [1.82, 2.24) is 0 Å². The molecule has 0 heterocycles. The standard InChI is InChI=1S/C17H25ClO2/c1-6-19-16-13(18)10-15(16)20-14-8-7-11(2)9-12(14)17(3,4)5/h7-9,13,15-16H,6,10H2,1-5H3. The minimum Gasteiger partial charge on any atom is -0.487 e. The van der Waals surface area contributed by atoms with E-state index in [1.54, 1.807) is 0 Å². The molecule has 0 N–H and O–H groups in total. The van der Waals surface area contributed by atoms with Gasteiger partial charge in [-0.05, 0) is 30.9 Å². The van der Waals surface area contributed by atoms with Gasteiger partial charge in [0.2, 0.25) is 0 Å². The van der Waals surface area contributed by atoms with Crippen LogP contribution in [0, 0.1) is 6.92 Å². The highest BCUT2D eigenvalue weighted by molar-refractivity contribution is 6.21. The van der Waals surface area contributed by atoms with Crippen LogP contribution in [-0.4, -0.2) is 24.2 Å². The SMILES string of the molecule is CCOC1C(Cl)CC1Oc1ccc(C)cc1C(C)(C)C. The maximum atomic E-state index is 6.20. The van der Waals surface area contributed by atoms with Crippen molar-refractivity contribution in [2.45, 2.75) is 64.0 Å². The summed E-state index contributed by atoms with van der Waals surface area (Å²) in [4.78, 5) is 0. The summed E-state index contributed by atoms with van der Waals surface area (Å²) in [6, 6.07) is 6.37. The van der Waals surface area contributed by atoms with Crippen molar-refractivity contribution in [3.63, 3.8) is 0 Å². The summed E-state index contributed by atoms with van der Waals surface area (Å²) in [6.45, 7) is 11.4. The molecule has 0 bridgehead atoms. The van der Waals surface area contributed by atoms with E-state index in [0.29, 0.717) is 6.61 Å². The molecule has 0 radical (unpaired) electrons.